The third-order valence-corrected chi connectivity index (χ3v) is 4.92. The Morgan fingerprint density at radius 1 is 1.21 bits per heavy atom. The van der Waals surface area contributed by atoms with Gasteiger partial charge in [-0.05, 0) is 51.5 Å². The molecule has 0 radical (unpaired) electrons. The van der Waals surface area contributed by atoms with Gasteiger partial charge in [-0.3, -0.25) is 4.90 Å². The number of aliphatic hydroxyl groups excluding tert-OH is 1. The average molecular weight is 269 g/mol. The fourth-order valence-corrected chi connectivity index (χ4v) is 3.77. The first kappa shape index (κ1) is 15.3. The summed E-state index contributed by atoms with van der Waals surface area (Å²) in [6, 6.07) is 0.343. The van der Waals surface area contributed by atoms with E-state index >= 15 is 0 Å². The first-order chi connectivity index (χ1) is 9.20. The maximum Gasteiger partial charge on any atom is 0.0702 e. The Hall–Kier alpha value is -0.120. The topological polar surface area (TPSA) is 32.7 Å². The van der Waals surface area contributed by atoms with Crippen molar-refractivity contribution >= 4 is 0 Å². The van der Waals surface area contributed by atoms with Gasteiger partial charge in [-0.2, -0.15) is 0 Å². The number of aliphatic hydroxyl groups is 1. The molecule has 0 aromatic heterocycles. The molecule has 0 aromatic rings. The molecule has 1 N–H and O–H groups in total. The Balaban J connectivity index is 1.82. The van der Waals surface area contributed by atoms with Crippen LogP contribution in [0.4, 0.5) is 0 Å². The van der Waals surface area contributed by atoms with Crippen molar-refractivity contribution in [2.45, 2.75) is 76.5 Å². The molecule has 1 aliphatic heterocycles. The van der Waals surface area contributed by atoms with Crippen molar-refractivity contribution in [3.63, 3.8) is 0 Å². The molecular weight excluding hydrogens is 238 g/mol. The highest BCUT2D eigenvalue weighted by atomic mass is 16.5. The van der Waals surface area contributed by atoms with E-state index in [2.05, 4.69) is 18.9 Å². The van der Waals surface area contributed by atoms with Crippen LogP contribution < -0.4 is 0 Å². The van der Waals surface area contributed by atoms with Crippen molar-refractivity contribution < 1.29 is 9.84 Å². The van der Waals surface area contributed by atoms with Gasteiger partial charge in [0.1, 0.15) is 0 Å². The largest absolute Gasteiger partial charge is 0.391 e. The summed E-state index contributed by atoms with van der Waals surface area (Å²) in [7, 11) is 2.17. The number of hydrogen-bond donors (Lipinski definition) is 1. The van der Waals surface area contributed by atoms with Crippen molar-refractivity contribution in [1.29, 1.82) is 0 Å². The number of hydrogen-bond acceptors (Lipinski definition) is 3. The van der Waals surface area contributed by atoms with Crippen molar-refractivity contribution in [3.05, 3.63) is 0 Å². The van der Waals surface area contributed by atoms with E-state index in [1.807, 2.05) is 0 Å². The fraction of sp³-hybridized carbons (Fsp3) is 1.00. The van der Waals surface area contributed by atoms with Gasteiger partial charge in [0.05, 0.1) is 12.2 Å². The van der Waals surface area contributed by atoms with Crippen molar-refractivity contribution in [3.8, 4) is 0 Å². The van der Waals surface area contributed by atoms with Crippen LogP contribution in [-0.4, -0.2) is 48.5 Å². The highest BCUT2D eigenvalue weighted by Crippen LogP contribution is 2.31. The summed E-state index contributed by atoms with van der Waals surface area (Å²) < 4.78 is 5.83. The standard InChI is InChI=1S/C16H31NO2/c1-3-6-13-8-9-16(18)15(11-13)17(2)12-14-7-4-5-10-19-14/h13-16,18H,3-12H2,1-2H3. The van der Waals surface area contributed by atoms with E-state index in [-0.39, 0.29) is 6.10 Å². The summed E-state index contributed by atoms with van der Waals surface area (Å²) in [5.41, 5.74) is 0. The quantitative estimate of drug-likeness (QED) is 0.833. The minimum absolute atomic E-state index is 0.137. The summed E-state index contributed by atoms with van der Waals surface area (Å²) >= 11 is 0. The maximum absolute atomic E-state index is 10.3. The zero-order chi connectivity index (χ0) is 13.7. The summed E-state index contributed by atoms with van der Waals surface area (Å²) in [4.78, 5) is 2.36. The van der Waals surface area contributed by atoms with Gasteiger partial charge in [0.15, 0.2) is 0 Å². The van der Waals surface area contributed by atoms with Gasteiger partial charge in [0.25, 0.3) is 0 Å². The molecule has 1 saturated heterocycles. The van der Waals surface area contributed by atoms with Gasteiger partial charge in [-0.25, -0.2) is 0 Å². The molecule has 0 aromatic carbocycles. The summed E-state index contributed by atoms with van der Waals surface area (Å²) in [5.74, 6) is 0.813. The zero-order valence-corrected chi connectivity index (χ0v) is 12.7. The second-order valence-electron chi connectivity index (χ2n) is 6.53. The third-order valence-electron chi connectivity index (χ3n) is 4.92. The van der Waals surface area contributed by atoms with Gasteiger partial charge >= 0.3 is 0 Å². The average Bonchev–Trinajstić information content (AvgIpc) is 2.42. The Morgan fingerprint density at radius 3 is 2.74 bits per heavy atom. The van der Waals surface area contributed by atoms with E-state index in [4.69, 9.17) is 4.74 Å². The van der Waals surface area contributed by atoms with Crippen LogP contribution in [0.3, 0.4) is 0 Å². The number of likely N-dealkylation sites (N-methyl/N-ethyl adjacent to an activating group) is 1. The Kier molecular flexibility index (Phi) is 6.11. The van der Waals surface area contributed by atoms with Gasteiger partial charge in [-0.15, -0.1) is 0 Å². The lowest BCUT2D eigenvalue weighted by atomic mass is 9.81. The lowest BCUT2D eigenvalue weighted by molar-refractivity contribution is -0.0381. The smallest absolute Gasteiger partial charge is 0.0702 e. The second kappa shape index (κ2) is 7.61. The summed E-state index contributed by atoms with van der Waals surface area (Å²) in [5, 5.41) is 10.3. The van der Waals surface area contributed by atoms with E-state index in [0.29, 0.717) is 12.1 Å². The van der Waals surface area contributed by atoms with Gasteiger partial charge in [0.2, 0.25) is 0 Å². The molecule has 4 atom stereocenters. The molecule has 0 bridgehead atoms. The molecule has 4 unspecified atom stereocenters. The van der Waals surface area contributed by atoms with E-state index in [1.165, 1.54) is 38.5 Å². The number of ether oxygens (including phenoxy) is 1. The van der Waals surface area contributed by atoms with Crippen LogP contribution in [0.15, 0.2) is 0 Å². The predicted octanol–water partition coefficient (Wildman–Crippen LogP) is 2.82. The van der Waals surface area contributed by atoms with Crippen LogP contribution in [0.25, 0.3) is 0 Å². The van der Waals surface area contributed by atoms with Crippen LogP contribution in [0.5, 0.6) is 0 Å². The van der Waals surface area contributed by atoms with Gasteiger partial charge in [0, 0.05) is 19.2 Å². The molecule has 1 saturated carbocycles. The lowest BCUT2D eigenvalue weighted by Gasteiger charge is -2.40. The molecule has 1 aliphatic carbocycles. The number of nitrogens with zero attached hydrogens (tertiary/aromatic N) is 1. The summed E-state index contributed by atoms with van der Waals surface area (Å²) in [6.07, 6.45) is 9.88. The molecule has 19 heavy (non-hydrogen) atoms. The minimum Gasteiger partial charge on any atom is -0.391 e. The molecule has 0 amide bonds. The van der Waals surface area contributed by atoms with Crippen LogP contribution in [0, 0.1) is 5.92 Å². The van der Waals surface area contributed by atoms with Crippen molar-refractivity contribution in [2.75, 3.05) is 20.2 Å². The maximum atomic E-state index is 10.3. The number of rotatable bonds is 5. The van der Waals surface area contributed by atoms with E-state index < -0.39 is 0 Å². The molecule has 112 valence electrons. The zero-order valence-electron chi connectivity index (χ0n) is 12.7. The Bertz CT molecular complexity index is 253. The van der Waals surface area contributed by atoms with E-state index in [9.17, 15) is 5.11 Å². The Morgan fingerprint density at radius 2 is 2.05 bits per heavy atom. The van der Waals surface area contributed by atoms with Crippen LogP contribution in [-0.2, 0) is 4.74 Å². The lowest BCUT2D eigenvalue weighted by Crippen LogP contribution is -2.48. The minimum atomic E-state index is -0.137. The van der Waals surface area contributed by atoms with Crippen LogP contribution in [0.1, 0.15) is 58.3 Å². The van der Waals surface area contributed by atoms with Crippen molar-refractivity contribution in [1.82, 2.24) is 4.90 Å². The molecule has 2 fully saturated rings. The molecular formula is C16H31NO2. The molecule has 1 heterocycles. The SMILES string of the molecule is CCCC1CCC(O)C(N(C)CC2CCCCO2)C1. The molecule has 2 aliphatic rings. The normalized spacial score (nSPS) is 36.6. The van der Waals surface area contributed by atoms with E-state index in [1.54, 1.807) is 0 Å². The fourth-order valence-electron chi connectivity index (χ4n) is 3.77. The van der Waals surface area contributed by atoms with Crippen LogP contribution in [0.2, 0.25) is 0 Å². The van der Waals surface area contributed by atoms with Crippen LogP contribution >= 0.6 is 0 Å². The van der Waals surface area contributed by atoms with Gasteiger partial charge < -0.3 is 9.84 Å². The summed E-state index contributed by atoms with van der Waals surface area (Å²) in [6.45, 7) is 4.17. The third kappa shape index (κ3) is 4.44. The Labute approximate surface area is 118 Å². The second-order valence-corrected chi connectivity index (χ2v) is 6.53. The first-order valence-corrected chi connectivity index (χ1v) is 8.20. The van der Waals surface area contributed by atoms with E-state index in [0.717, 1.165) is 31.9 Å². The molecule has 0 spiro atoms. The monoisotopic (exact) mass is 269 g/mol. The van der Waals surface area contributed by atoms with Crippen molar-refractivity contribution in [2.24, 2.45) is 5.92 Å². The highest BCUT2D eigenvalue weighted by molar-refractivity contribution is 4.86. The highest BCUT2D eigenvalue weighted by Gasteiger charge is 2.32. The molecule has 2 rings (SSSR count). The molecule has 3 nitrogen and oxygen atoms in total. The predicted molar refractivity (Wildman–Crippen MR) is 78.3 cm³/mol. The molecule has 3 heteroatoms. The first-order valence-electron chi connectivity index (χ1n) is 8.20. The van der Waals surface area contributed by atoms with Gasteiger partial charge in [-0.1, -0.05) is 19.8 Å².